The summed E-state index contributed by atoms with van der Waals surface area (Å²) in [7, 11) is 0. The molecule has 1 aromatic carbocycles. The van der Waals surface area contributed by atoms with E-state index >= 15 is 0 Å². The van der Waals surface area contributed by atoms with Crippen LogP contribution in [0.3, 0.4) is 0 Å². The molecule has 2 amide bonds. The average Bonchev–Trinajstić information content (AvgIpc) is 2.83. The highest BCUT2D eigenvalue weighted by Gasteiger charge is 2.27. The normalized spacial score (nSPS) is 17.9. The van der Waals surface area contributed by atoms with Gasteiger partial charge in [0.1, 0.15) is 0 Å². The minimum atomic E-state index is -0.484. The van der Waals surface area contributed by atoms with Crippen LogP contribution < -0.4 is 10.6 Å². The number of nitrogens with one attached hydrogen (secondary N) is 2. The van der Waals surface area contributed by atoms with Crippen molar-refractivity contribution in [3.63, 3.8) is 0 Å². The number of para-hydroxylation sites is 1. The smallest absolute Gasteiger partial charge is 0.274 e. The van der Waals surface area contributed by atoms with E-state index in [0.717, 1.165) is 0 Å². The van der Waals surface area contributed by atoms with Gasteiger partial charge in [-0.3, -0.25) is 19.7 Å². The van der Waals surface area contributed by atoms with Gasteiger partial charge < -0.3 is 10.6 Å². The number of carbonyl (C=O) groups excluding carboxylic acids is 2. The maximum Gasteiger partial charge on any atom is 0.274 e. The van der Waals surface area contributed by atoms with Crippen molar-refractivity contribution >= 4 is 17.5 Å². The lowest BCUT2D eigenvalue weighted by Crippen LogP contribution is -2.31. The lowest BCUT2D eigenvalue weighted by atomic mass is 10.1. The Hall–Kier alpha value is -2.44. The third-order valence-electron chi connectivity index (χ3n) is 2.99. The zero-order valence-electron chi connectivity index (χ0n) is 10.1. The third-order valence-corrected chi connectivity index (χ3v) is 2.99. The predicted molar refractivity (Wildman–Crippen MR) is 66.1 cm³/mol. The first-order valence-corrected chi connectivity index (χ1v) is 5.84. The monoisotopic (exact) mass is 263 g/mol. The molecule has 0 saturated carbocycles. The molecule has 0 aromatic heterocycles. The molecule has 100 valence electrons. The zero-order valence-corrected chi connectivity index (χ0v) is 10.1. The Morgan fingerprint density at radius 2 is 2.21 bits per heavy atom. The fourth-order valence-electron chi connectivity index (χ4n) is 1.96. The van der Waals surface area contributed by atoms with Crippen LogP contribution >= 0.6 is 0 Å². The molecule has 0 aliphatic carbocycles. The molecule has 1 heterocycles. The van der Waals surface area contributed by atoms with Crippen molar-refractivity contribution in [3.05, 3.63) is 39.9 Å². The van der Waals surface area contributed by atoms with Crippen LogP contribution in [-0.4, -0.2) is 23.3 Å². The molecule has 1 aliphatic heterocycles. The van der Waals surface area contributed by atoms with Crippen LogP contribution in [0.25, 0.3) is 0 Å². The van der Waals surface area contributed by atoms with Gasteiger partial charge in [-0.15, -0.1) is 0 Å². The van der Waals surface area contributed by atoms with Crippen molar-refractivity contribution in [1.29, 1.82) is 0 Å². The molecule has 0 radical (unpaired) electrons. The second-order valence-electron chi connectivity index (χ2n) is 4.31. The molecule has 1 saturated heterocycles. The number of nitro groups is 1. The van der Waals surface area contributed by atoms with Crippen molar-refractivity contribution in [1.82, 2.24) is 10.6 Å². The van der Waals surface area contributed by atoms with Gasteiger partial charge in [-0.05, 0) is 0 Å². The van der Waals surface area contributed by atoms with Gasteiger partial charge in [0.25, 0.3) is 5.69 Å². The van der Waals surface area contributed by atoms with E-state index in [1.165, 1.54) is 6.07 Å². The third kappa shape index (κ3) is 3.06. The summed E-state index contributed by atoms with van der Waals surface area (Å²) in [6.07, 6.45) is 0.169. The summed E-state index contributed by atoms with van der Waals surface area (Å²) in [6.45, 7) is 0.405. The minimum Gasteiger partial charge on any atom is -0.355 e. The summed E-state index contributed by atoms with van der Waals surface area (Å²) in [5.41, 5.74) is 0.418. The highest BCUT2D eigenvalue weighted by atomic mass is 16.6. The van der Waals surface area contributed by atoms with Gasteiger partial charge in [0, 0.05) is 31.1 Å². The summed E-state index contributed by atoms with van der Waals surface area (Å²) < 4.78 is 0. The van der Waals surface area contributed by atoms with E-state index in [-0.39, 0.29) is 30.5 Å². The molecule has 1 fully saturated rings. The van der Waals surface area contributed by atoms with Crippen LogP contribution in [0, 0.1) is 16.0 Å². The van der Waals surface area contributed by atoms with Crippen LogP contribution in [0.2, 0.25) is 0 Å². The average molecular weight is 263 g/mol. The van der Waals surface area contributed by atoms with Crippen molar-refractivity contribution in [2.45, 2.75) is 13.0 Å². The van der Waals surface area contributed by atoms with Gasteiger partial charge in [0.2, 0.25) is 11.8 Å². The molecule has 0 bridgehead atoms. The number of hydrogen-bond donors (Lipinski definition) is 2. The van der Waals surface area contributed by atoms with Crippen molar-refractivity contribution in [2.24, 2.45) is 5.92 Å². The summed E-state index contributed by atoms with van der Waals surface area (Å²) >= 11 is 0. The number of hydrogen-bond acceptors (Lipinski definition) is 4. The van der Waals surface area contributed by atoms with E-state index in [4.69, 9.17) is 0 Å². The van der Waals surface area contributed by atoms with Gasteiger partial charge in [-0.25, -0.2) is 0 Å². The Labute approximate surface area is 109 Å². The molecule has 7 nitrogen and oxygen atoms in total. The van der Waals surface area contributed by atoms with Gasteiger partial charge in [0.05, 0.1) is 10.8 Å². The van der Waals surface area contributed by atoms with Gasteiger partial charge >= 0.3 is 0 Å². The van der Waals surface area contributed by atoms with Crippen LogP contribution in [-0.2, 0) is 16.1 Å². The zero-order chi connectivity index (χ0) is 13.8. The predicted octanol–water partition coefficient (Wildman–Crippen LogP) is 0.347. The van der Waals surface area contributed by atoms with Crippen molar-refractivity contribution in [3.8, 4) is 0 Å². The first-order valence-electron chi connectivity index (χ1n) is 5.84. The van der Waals surface area contributed by atoms with E-state index < -0.39 is 10.8 Å². The van der Waals surface area contributed by atoms with E-state index in [1.54, 1.807) is 18.2 Å². The molecular weight excluding hydrogens is 250 g/mol. The molecule has 1 aliphatic rings. The number of amides is 2. The standard InChI is InChI=1S/C12H13N3O4/c16-11-5-9(7-13-11)12(17)14-6-8-3-1-2-4-10(8)15(18)19/h1-4,9H,5-7H2,(H,13,16)(H,14,17). The maximum absolute atomic E-state index is 11.8. The van der Waals surface area contributed by atoms with Gasteiger partial charge in [0.15, 0.2) is 0 Å². The number of benzene rings is 1. The first-order chi connectivity index (χ1) is 9.08. The lowest BCUT2D eigenvalue weighted by Gasteiger charge is -2.09. The Kier molecular flexibility index (Phi) is 3.74. The highest BCUT2D eigenvalue weighted by Crippen LogP contribution is 2.17. The second-order valence-corrected chi connectivity index (χ2v) is 4.31. The number of carbonyl (C=O) groups is 2. The molecule has 7 heteroatoms. The molecule has 0 spiro atoms. The molecule has 2 rings (SSSR count). The molecule has 1 aromatic rings. The van der Waals surface area contributed by atoms with E-state index in [9.17, 15) is 19.7 Å². The number of nitrogens with zero attached hydrogens (tertiary/aromatic N) is 1. The fraction of sp³-hybridized carbons (Fsp3) is 0.333. The van der Waals surface area contributed by atoms with Crippen LogP contribution in [0.1, 0.15) is 12.0 Å². The topological polar surface area (TPSA) is 101 Å². The summed E-state index contributed by atoms with van der Waals surface area (Å²) in [4.78, 5) is 33.1. The lowest BCUT2D eigenvalue weighted by molar-refractivity contribution is -0.385. The highest BCUT2D eigenvalue weighted by molar-refractivity contribution is 5.89. The largest absolute Gasteiger partial charge is 0.355 e. The Bertz CT molecular complexity index is 529. The minimum absolute atomic E-state index is 0.0246. The van der Waals surface area contributed by atoms with Crippen LogP contribution in [0.4, 0.5) is 5.69 Å². The van der Waals surface area contributed by atoms with Crippen LogP contribution in [0.5, 0.6) is 0 Å². The maximum atomic E-state index is 11.8. The summed E-state index contributed by atoms with van der Waals surface area (Å²) in [6, 6.07) is 6.23. The van der Waals surface area contributed by atoms with E-state index in [1.807, 2.05) is 0 Å². The van der Waals surface area contributed by atoms with E-state index in [2.05, 4.69) is 10.6 Å². The summed E-state index contributed by atoms with van der Waals surface area (Å²) in [5, 5.41) is 16.0. The first kappa shape index (κ1) is 13.0. The Morgan fingerprint density at radius 1 is 1.47 bits per heavy atom. The van der Waals surface area contributed by atoms with Crippen molar-refractivity contribution < 1.29 is 14.5 Å². The van der Waals surface area contributed by atoms with Gasteiger partial charge in [-0.1, -0.05) is 18.2 Å². The Morgan fingerprint density at radius 3 is 2.84 bits per heavy atom. The molecular formula is C12H13N3O4. The van der Waals surface area contributed by atoms with Gasteiger partial charge in [-0.2, -0.15) is 0 Å². The fourth-order valence-corrected chi connectivity index (χ4v) is 1.96. The van der Waals surface area contributed by atoms with Crippen molar-refractivity contribution in [2.75, 3.05) is 6.54 Å². The van der Waals surface area contributed by atoms with Crippen LogP contribution in [0.15, 0.2) is 24.3 Å². The SMILES string of the molecule is O=C1CC(C(=O)NCc2ccccc2[N+](=O)[O-])CN1. The molecule has 1 unspecified atom stereocenters. The number of nitro benzene ring substituents is 1. The number of rotatable bonds is 4. The van der Waals surface area contributed by atoms with E-state index in [0.29, 0.717) is 12.1 Å². The summed E-state index contributed by atoms with van der Waals surface area (Å²) in [5.74, 6) is -0.808. The molecule has 19 heavy (non-hydrogen) atoms. The Balaban J connectivity index is 1.97. The molecule has 1 atom stereocenters. The quantitative estimate of drug-likeness (QED) is 0.604. The second kappa shape index (κ2) is 5.47. The molecule has 2 N–H and O–H groups in total.